The Hall–Kier alpha value is -0.730. The van der Waals surface area contributed by atoms with Gasteiger partial charge >= 0.3 is 5.97 Å². The van der Waals surface area contributed by atoms with Gasteiger partial charge in [-0.05, 0) is 19.8 Å². The molecule has 19 heavy (non-hydrogen) atoms. The highest BCUT2D eigenvalue weighted by molar-refractivity contribution is 7.89. The van der Waals surface area contributed by atoms with Gasteiger partial charge in [0.2, 0.25) is 10.0 Å². The number of nitrogens with zero attached hydrogens (tertiary/aromatic N) is 1. The molecule has 0 aromatic rings. The molecule has 1 aliphatic rings. The lowest BCUT2D eigenvalue weighted by Crippen LogP contribution is -2.42. The van der Waals surface area contributed by atoms with Gasteiger partial charge in [0.05, 0.1) is 23.8 Å². The molecule has 0 unspecified atom stereocenters. The number of esters is 1. The van der Waals surface area contributed by atoms with Crippen LogP contribution in [0.5, 0.6) is 0 Å². The second kappa shape index (κ2) is 7.16. The minimum absolute atomic E-state index is 0.106. The normalized spacial score (nSPS) is 18.2. The maximum absolute atomic E-state index is 12.0. The summed E-state index contributed by atoms with van der Waals surface area (Å²) in [6.07, 6.45) is 1.19. The minimum atomic E-state index is -3.40. The highest BCUT2D eigenvalue weighted by atomic mass is 32.2. The molecule has 1 saturated heterocycles. The van der Waals surface area contributed by atoms with Gasteiger partial charge in [-0.1, -0.05) is 12.2 Å². The Labute approximate surface area is 119 Å². The van der Waals surface area contributed by atoms with Crippen LogP contribution in [0.4, 0.5) is 0 Å². The summed E-state index contributed by atoms with van der Waals surface area (Å²) >= 11 is 4.91. The maximum Gasteiger partial charge on any atom is 0.306 e. The molecule has 0 aromatic carbocycles. The van der Waals surface area contributed by atoms with E-state index in [-0.39, 0.29) is 24.7 Å². The molecule has 8 heteroatoms. The van der Waals surface area contributed by atoms with Crippen LogP contribution in [-0.2, 0) is 19.6 Å². The second-order valence-electron chi connectivity index (χ2n) is 4.45. The van der Waals surface area contributed by atoms with Gasteiger partial charge in [0.25, 0.3) is 0 Å². The van der Waals surface area contributed by atoms with Crippen molar-refractivity contribution in [3.8, 4) is 0 Å². The van der Waals surface area contributed by atoms with E-state index >= 15 is 0 Å². The van der Waals surface area contributed by atoms with Crippen molar-refractivity contribution in [2.24, 2.45) is 11.7 Å². The van der Waals surface area contributed by atoms with Crippen molar-refractivity contribution in [2.45, 2.75) is 26.2 Å². The van der Waals surface area contributed by atoms with Gasteiger partial charge in [0, 0.05) is 19.0 Å². The molecule has 0 aromatic heterocycles. The predicted octanol–water partition coefficient (Wildman–Crippen LogP) is 0.268. The summed E-state index contributed by atoms with van der Waals surface area (Å²) in [5.41, 5.74) is 5.56. The standard InChI is InChI=1S/C11H20N2O4S2/c1-2-17-10(14)5-8-19(15,16)13-6-3-9(4-7-13)11(12)18/h9H,2-8H2,1H3,(H2,12,18). The van der Waals surface area contributed by atoms with Gasteiger partial charge in [-0.15, -0.1) is 0 Å². The van der Waals surface area contributed by atoms with Crippen LogP contribution in [0.2, 0.25) is 0 Å². The Morgan fingerprint density at radius 3 is 2.47 bits per heavy atom. The Bertz CT molecular complexity index is 428. The van der Waals surface area contributed by atoms with Crippen LogP contribution < -0.4 is 5.73 Å². The van der Waals surface area contributed by atoms with Crippen molar-refractivity contribution in [2.75, 3.05) is 25.4 Å². The monoisotopic (exact) mass is 308 g/mol. The number of hydrogen-bond donors (Lipinski definition) is 1. The Morgan fingerprint density at radius 2 is 2.00 bits per heavy atom. The number of hydrogen-bond acceptors (Lipinski definition) is 5. The molecule has 0 saturated carbocycles. The lowest BCUT2D eigenvalue weighted by atomic mass is 9.98. The number of piperidine rings is 1. The van der Waals surface area contributed by atoms with Gasteiger partial charge in [-0.25, -0.2) is 12.7 Å². The van der Waals surface area contributed by atoms with Crippen molar-refractivity contribution >= 4 is 33.2 Å². The molecule has 110 valence electrons. The highest BCUT2D eigenvalue weighted by Crippen LogP contribution is 2.20. The van der Waals surface area contributed by atoms with E-state index in [4.69, 9.17) is 22.7 Å². The van der Waals surface area contributed by atoms with Gasteiger partial charge in [-0.3, -0.25) is 4.79 Å². The molecular formula is C11H20N2O4S2. The number of carbonyl (C=O) groups excluding carboxylic acids is 1. The summed E-state index contributed by atoms with van der Waals surface area (Å²) in [6.45, 7) is 2.77. The predicted molar refractivity (Wildman–Crippen MR) is 76.1 cm³/mol. The number of rotatable bonds is 6. The van der Waals surface area contributed by atoms with Crippen LogP contribution in [0, 0.1) is 5.92 Å². The molecule has 2 N–H and O–H groups in total. The Balaban J connectivity index is 2.46. The summed E-state index contributed by atoms with van der Waals surface area (Å²) in [5, 5.41) is 0. The summed E-state index contributed by atoms with van der Waals surface area (Å²) in [6, 6.07) is 0. The average molecular weight is 308 g/mol. The third-order valence-electron chi connectivity index (χ3n) is 3.12. The van der Waals surface area contributed by atoms with Crippen molar-refractivity contribution in [3.63, 3.8) is 0 Å². The van der Waals surface area contributed by atoms with Crippen LogP contribution in [0.1, 0.15) is 26.2 Å². The summed E-state index contributed by atoms with van der Waals surface area (Å²) in [7, 11) is -3.40. The fourth-order valence-electron chi connectivity index (χ4n) is 1.99. The summed E-state index contributed by atoms with van der Waals surface area (Å²) in [4.78, 5) is 11.6. The molecule has 0 radical (unpaired) electrons. The van der Waals surface area contributed by atoms with E-state index in [0.29, 0.717) is 30.9 Å². The zero-order valence-electron chi connectivity index (χ0n) is 11.0. The third-order valence-corrected chi connectivity index (χ3v) is 5.32. The zero-order chi connectivity index (χ0) is 14.5. The summed E-state index contributed by atoms with van der Waals surface area (Å²) < 4.78 is 30.2. The van der Waals surface area contributed by atoms with Crippen LogP contribution in [0.15, 0.2) is 0 Å². The Morgan fingerprint density at radius 1 is 1.42 bits per heavy atom. The van der Waals surface area contributed by atoms with Crippen LogP contribution in [0.25, 0.3) is 0 Å². The van der Waals surface area contributed by atoms with Crippen molar-refractivity contribution in [1.82, 2.24) is 4.31 Å². The molecule has 0 bridgehead atoms. The largest absolute Gasteiger partial charge is 0.466 e. The number of ether oxygens (including phenoxy) is 1. The molecule has 6 nitrogen and oxygen atoms in total. The van der Waals surface area contributed by atoms with Crippen LogP contribution in [0.3, 0.4) is 0 Å². The first-order chi connectivity index (χ1) is 8.86. The second-order valence-corrected chi connectivity index (χ2v) is 7.01. The molecule has 0 spiro atoms. The van der Waals surface area contributed by atoms with Gasteiger partial charge < -0.3 is 10.5 Å². The van der Waals surface area contributed by atoms with E-state index in [9.17, 15) is 13.2 Å². The van der Waals surface area contributed by atoms with Crippen LogP contribution >= 0.6 is 12.2 Å². The van der Waals surface area contributed by atoms with E-state index in [1.165, 1.54) is 4.31 Å². The van der Waals surface area contributed by atoms with Gasteiger partial charge in [0.15, 0.2) is 0 Å². The zero-order valence-corrected chi connectivity index (χ0v) is 12.6. The fourth-order valence-corrected chi connectivity index (χ4v) is 3.68. The summed E-state index contributed by atoms with van der Waals surface area (Å²) in [5.74, 6) is -0.570. The molecule has 1 fully saturated rings. The van der Waals surface area contributed by atoms with Crippen molar-refractivity contribution in [3.05, 3.63) is 0 Å². The average Bonchev–Trinajstić information content (AvgIpc) is 2.37. The molecule has 0 atom stereocenters. The van der Waals surface area contributed by atoms with Crippen molar-refractivity contribution < 1.29 is 17.9 Å². The van der Waals surface area contributed by atoms with E-state index in [1.54, 1.807) is 6.92 Å². The third kappa shape index (κ3) is 5.04. The molecule has 0 aliphatic carbocycles. The first kappa shape index (κ1) is 16.3. The number of thiocarbonyl (C=S) groups is 1. The number of nitrogens with two attached hydrogens (primary N) is 1. The first-order valence-electron chi connectivity index (χ1n) is 6.29. The van der Waals surface area contributed by atoms with E-state index in [2.05, 4.69) is 0 Å². The van der Waals surface area contributed by atoms with E-state index in [0.717, 1.165) is 0 Å². The molecular weight excluding hydrogens is 288 g/mol. The number of sulfonamides is 1. The quantitative estimate of drug-likeness (QED) is 0.559. The smallest absolute Gasteiger partial charge is 0.306 e. The first-order valence-corrected chi connectivity index (χ1v) is 8.31. The molecule has 1 rings (SSSR count). The lowest BCUT2D eigenvalue weighted by Gasteiger charge is -2.30. The van der Waals surface area contributed by atoms with Gasteiger partial charge in [-0.2, -0.15) is 0 Å². The van der Waals surface area contributed by atoms with E-state index < -0.39 is 16.0 Å². The maximum atomic E-state index is 12.0. The molecule has 1 aliphatic heterocycles. The van der Waals surface area contributed by atoms with Crippen LogP contribution in [-0.4, -0.2) is 49.1 Å². The Kier molecular flexibility index (Phi) is 6.15. The van der Waals surface area contributed by atoms with Gasteiger partial charge in [0.1, 0.15) is 0 Å². The number of carbonyl (C=O) groups is 1. The fraction of sp³-hybridized carbons (Fsp3) is 0.818. The molecule has 0 amide bonds. The SMILES string of the molecule is CCOC(=O)CCS(=O)(=O)N1CCC(C(N)=S)CC1. The van der Waals surface area contributed by atoms with E-state index in [1.807, 2.05) is 0 Å². The minimum Gasteiger partial charge on any atom is -0.466 e. The molecule has 1 heterocycles. The van der Waals surface area contributed by atoms with Crippen molar-refractivity contribution in [1.29, 1.82) is 0 Å². The lowest BCUT2D eigenvalue weighted by molar-refractivity contribution is -0.142. The topological polar surface area (TPSA) is 89.7 Å². The highest BCUT2D eigenvalue weighted by Gasteiger charge is 2.29.